The lowest BCUT2D eigenvalue weighted by Crippen LogP contribution is -2.40. The Bertz CT molecular complexity index is 941. The predicted octanol–water partition coefficient (Wildman–Crippen LogP) is 11.2. The van der Waals surface area contributed by atoms with Crippen LogP contribution in [0.5, 0.6) is 0 Å². The summed E-state index contributed by atoms with van der Waals surface area (Å²) in [7, 11) is 2.15. The Labute approximate surface area is 338 Å². The number of aliphatic hydroxyl groups excluding tert-OH is 2. The highest BCUT2D eigenvalue weighted by atomic mass is 31.2. The molecule has 3 atom stereocenters. The zero-order valence-corrected chi connectivity index (χ0v) is 37.5. The van der Waals surface area contributed by atoms with E-state index in [-0.39, 0.29) is 31.8 Å². The quantitative estimate of drug-likeness (QED) is 0.0182. The number of carbonyl (C=O) groups is 2. The number of unbranched alkanes of at least 4 members (excludes halogenated alkanes) is 23. The molecule has 55 heavy (non-hydrogen) atoms. The van der Waals surface area contributed by atoms with Crippen LogP contribution in [0.25, 0.3) is 0 Å². The van der Waals surface area contributed by atoms with Gasteiger partial charge in [0.2, 0.25) is 0 Å². The van der Waals surface area contributed by atoms with Gasteiger partial charge in [0.25, 0.3) is 0 Å². The summed E-state index contributed by atoms with van der Waals surface area (Å²) in [4.78, 5) is 33.6. The molecule has 3 N–H and O–H groups in total. The fourth-order valence-electron chi connectivity index (χ4n) is 6.07. The maximum Gasteiger partial charge on any atom is 0.472 e. The molecule has 11 heteroatoms. The Morgan fingerprint density at radius 1 is 0.618 bits per heavy atom. The first-order valence-corrected chi connectivity index (χ1v) is 23.9. The first kappa shape index (κ1) is 56.0. The standard InChI is InChI=1S/C37H70O5.C7H18NO4P/c1-3-5-7-9-11-13-15-17-18-20-22-24-26-28-30-32-36(40)42-35(33-38)37(41)34(39)31-29-27-25-23-21-19-16-14-12-10-8-6-4-2;1-5-11-13(9,10)12-7-6-8(2,3)4/h17-18,35,37-38,41H,3-16,19-33H2,1-2H3;5-7H2,1-4H3/p+1/b18-17-;/t35-,37?;/m0./s1. The second kappa shape index (κ2) is 39.7. The Balaban J connectivity index is 0. The summed E-state index contributed by atoms with van der Waals surface area (Å²) in [5.74, 6) is -0.787. The maximum absolute atomic E-state index is 12.4. The number of hydrogen-bond donors (Lipinski definition) is 3. The van der Waals surface area contributed by atoms with Gasteiger partial charge < -0.3 is 24.3 Å². The van der Waals surface area contributed by atoms with E-state index in [0.717, 1.165) is 51.4 Å². The fraction of sp³-hybridized carbons (Fsp3) is 0.909. The van der Waals surface area contributed by atoms with Gasteiger partial charge in [-0.15, -0.1) is 0 Å². The summed E-state index contributed by atoms with van der Waals surface area (Å²) in [6, 6.07) is 0. The van der Waals surface area contributed by atoms with Crippen LogP contribution in [0.15, 0.2) is 12.2 Å². The summed E-state index contributed by atoms with van der Waals surface area (Å²) in [5, 5.41) is 19.9. The van der Waals surface area contributed by atoms with E-state index in [2.05, 4.69) is 30.5 Å². The van der Waals surface area contributed by atoms with Crippen LogP contribution in [0.4, 0.5) is 0 Å². The van der Waals surface area contributed by atoms with E-state index in [0.29, 0.717) is 11.0 Å². The van der Waals surface area contributed by atoms with Crippen molar-refractivity contribution in [3.8, 4) is 0 Å². The number of nitrogens with zero attached hydrogens (tertiary/aromatic N) is 1. The number of rotatable bonds is 39. The molecule has 0 spiro atoms. The highest BCUT2D eigenvalue weighted by molar-refractivity contribution is 7.47. The van der Waals surface area contributed by atoms with E-state index in [9.17, 15) is 24.4 Å². The molecule has 2 unspecified atom stereocenters. The second-order valence-corrected chi connectivity index (χ2v) is 17.6. The molecule has 0 aromatic rings. The lowest BCUT2D eigenvalue weighted by Gasteiger charge is -2.23. The number of ether oxygens (including phenoxy) is 1. The third-order valence-corrected chi connectivity index (χ3v) is 10.7. The molecule has 0 heterocycles. The van der Waals surface area contributed by atoms with Crippen molar-refractivity contribution in [3.63, 3.8) is 0 Å². The van der Waals surface area contributed by atoms with Crippen molar-refractivity contribution in [2.45, 2.75) is 213 Å². The molecule has 328 valence electrons. The average Bonchev–Trinajstić information content (AvgIpc) is 3.13. The topological polar surface area (TPSA) is 140 Å². The Hall–Kier alpha value is -1.13. The highest BCUT2D eigenvalue weighted by Gasteiger charge is 2.28. The smallest absolute Gasteiger partial charge is 0.457 e. The molecule has 0 aliphatic heterocycles. The number of aliphatic hydroxyl groups is 2. The normalized spacial score (nSPS) is 14.0. The molecule has 0 amide bonds. The van der Waals surface area contributed by atoms with Crippen molar-refractivity contribution < 1.29 is 47.5 Å². The van der Waals surface area contributed by atoms with Gasteiger partial charge in [-0.1, -0.05) is 154 Å². The number of phosphoric ester groups is 1. The zero-order chi connectivity index (χ0) is 41.5. The molecule has 0 aliphatic carbocycles. The molecule has 0 saturated heterocycles. The van der Waals surface area contributed by atoms with Gasteiger partial charge in [-0.3, -0.25) is 18.6 Å². The minimum atomic E-state index is -3.79. The van der Waals surface area contributed by atoms with E-state index in [1.807, 2.05) is 21.1 Å². The molecule has 0 bridgehead atoms. The minimum Gasteiger partial charge on any atom is -0.457 e. The fourth-order valence-corrected chi connectivity index (χ4v) is 6.79. The molecule has 0 rings (SSSR count). The van der Waals surface area contributed by atoms with Gasteiger partial charge in [0, 0.05) is 12.8 Å². The molecule has 0 aliphatic rings. The SMILES string of the molecule is CCCCCCCC/C=C\CCCCCCCC(=O)O[C@@H](CO)C(O)C(=O)CCCCCCCCCCCCCCC.CCOP(=O)(O)OCC[N+](C)(C)C. The van der Waals surface area contributed by atoms with Crippen molar-refractivity contribution in [3.05, 3.63) is 12.2 Å². The van der Waals surface area contributed by atoms with E-state index < -0.39 is 32.6 Å². The third-order valence-electron chi connectivity index (χ3n) is 9.62. The highest BCUT2D eigenvalue weighted by Crippen LogP contribution is 2.42. The van der Waals surface area contributed by atoms with Crippen LogP contribution in [0.1, 0.15) is 201 Å². The number of phosphoric acid groups is 1. The average molecular weight is 807 g/mol. The lowest BCUT2D eigenvalue weighted by molar-refractivity contribution is -0.870. The largest absolute Gasteiger partial charge is 0.472 e. The molecule has 10 nitrogen and oxygen atoms in total. The number of esters is 1. The van der Waals surface area contributed by atoms with E-state index in [1.165, 1.54) is 116 Å². The molecule has 0 radical (unpaired) electrons. The van der Waals surface area contributed by atoms with E-state index >= 15 is 0 Å². The second-order valence-electron chi connectivity index (χ2n) is 16.2. The van der Waals surface area contributed by atoms with Crippen LogP contribution >= 0.6 is 7.82 Å². The first-order valence-electron chi connectivity index (χ1n) is 22.4. The van der Waals surface area contributed by atoms with Gasteiger partial charge in [0.05, 0.1) is 34.4 Å². The molecular weight excluding hydrogens is 717 g/mol. The van der Waals surface area contributed by atoms with Crippen molar-refractivity contribution in [1.29, 1.82) is 0 Å². The number of allylic oxidation sites excluding steroid dienone is 2. The minimum absolute atomic E-state index is 0.179. The number of carbonyl (C=O) groups excluding carboxylic acids is 2. The van der Waals surface area contributed by atoms with Crippen LogP contribution < -0.4 is 0 Å². The van der Waals surface area contributed by atoms with Crippen LogP contribution in [0, 0.1) is 0 Å². The third kappa shape index (κ3) is 42.3. The first-order chi connectivity index (χ1) is 26.3. The summed E-state index contributed by atoms with van der Waals surface area (Å²) < 4.78 is 26.2. The number of hydrogen-bond acceptors (Lipinski definition) is 8. The molecule has 0 saturated carbocycles. The Kier molecular flexibility index (Phi) is 40.4. The predicted molar refractivity (Wildman–Crippen MR) is 228 cm³/mol. The summed E-state index contributed by atoms with van der Waals surface area (Å²) in [6.07, 6.45) is 34.1. The summed E-state index contributed by atoms with van der Waals surface area (Å²) in [5.41, 5.74) is 0. The van der Waals surface area contributed by atoms with Crippen LogP contribution in [-0.2, 0) is 27.9 Å². The molecular formula is C44H89NO9P+. The van der Waals surface area contributed by atoms with Crippen molar-refractivity contribution >= 4 is 19.6 Å². The maximum atomic E-state index is 12.4. The summed E-state index contributed by atoms with van der Waals surface area (Å²) in [6.45, 7) is 6.68. The monoisotopic (exact) mass is 807 g/mol. The van der Waals surface area contributed by atoms with Crippen LogP contribution in [-0.4, -0.2) is 91.1 Å². The number of Topliss-reactive ketones (excluding diaryl/α,β-unsaturated/α-hetero) is 1. The zero-order valence-electron chi connectivity index (χ0n) is 36.6. The van der Waals surface area contributed by atoms with Crippen LogP contribution in [0.3, 0.4) is 0 Å². The van der Waals surface area contributed by atoms with Gasteiger partial charge in [-0.2, -0.15) is 0 Å². The van der Waals surface area contributed by atoms with Gasteiger partial charge in [0.15, 0.2) is 18.0 Å². The molecule has 0 aromatic carbocycles. The van der Waals surface area contributed by atoms with Gasteiger partial charge >= 0.3 is 13.8 Å². The Morgan fingerprint density at radius 2 is 1.02 bits per heavy atom. The van der Waals surface area contributed by atoms with Gasteiger partial charge in [-0.05, 0) is 45.4 Å². The van der Waals surface area contributed by atoms with E-state index in [1.54, 1.807) is 6.92 Å². The summed E-state index contributed by atoms with van der Waals surface area (Å²) >= 11 is 0. The molecule has 0 fully saturated rings. The lowest BCUT2D eigenvalue weighted by atomic mass is 10.0. The Morgan fingerprint density at radius 3 is 1.42 bits per heavy atom. The van der Waals surface area contributed by atoms with Crippen molar-refractivity contribution in [2.24, 2.45) is 0 Å². The van der Waals surface area contributed by atoms with E-state index in [4.69, 9.17) is 14.2 Å². The number of quaternary nitrogens is 1. The molecule has 0 aromatic heterocycles. The van der Waals surface area contributed by atoms with Crippen molar-refractivity contribution in [1.82, 2.24) is 0 Å². The van der Waals surface area contributed by atoms with Gasteiger partial charge in [-0.25, -0.2) is 4.57 Å². The van der Waals surface area contributed by atoms with Crippen LogP contribution in [0.2, 0.25) is 0 Å². The van der Waals surface area contributed by atoms with Gasteiger partial charge in [0.1, 0.15) is 13.2 Å². The number of ketones is 1. The van der Waals surface area contributed by atoms with Crippen molar-refractivity contribution in [2.75, 3.05) is 47.5 Å². The number of likely N-dealkylation sites (N-methyl/N-ethyl adjacent to an activating group) is 1.